The van der Waals surface area contributed by atoms with E-state index in [2.05, 4.69) is 10.1 Å². The van der Waals surface area contributed by atoms with Crippen LogP contribution in [0.5, 0.6) is 0 Å². The van der Waals surface area contributed by atoms with Gasteiger partial charge in [-0.15, -0.1) is 12.4 Å². The van der Waals surface area contributed by atoms with Gasteiger partial charge < -0.3 is 19.9 Å². The Morgan fingerprint density at radius 3 is 2.68 bits per heavy atom. The summed E-state index contributed by atoms with van der Waals surface area (Å²) in [4.78, 5) is 19.2. The second kappa shape index (κ2) is 8.55. The van der Waals surface area contributed by atoms with Crippen LogP contribution in [0, 0.1) is 5.82 Å². The van der Waals surface area contributed by atoms with Crippen LogP contribution in [-0.2, 0) is 9.53 Å². The Labute approximate surface area is 168 Å². The highest BCUT2D eigenvalue weighted by Crippen LogP contribution is 2.30. The Morgan fingerprint density at radius 2 is 1.96 bits per heavy atom. The number of hydrogen-bond donors (Lipinski definition) is 1. The summed E-state index contributed by atoms with van der Waals surface area (Å²) >= 11 is 0. The molecular weight excluding hydrogens is 387 g/mol. The van der Waals surface area contributed by atoms with E-state index in [4.69, 9.17) is 15.0 Å². The fraction of sp³-hybridized carbons (Fsp3) is 0.526. The summed E-state index contributed by atoms with van der Waals surface area (Å²) in [7, 11) is 0. The molecule has 28 heavy (non-hydrogen) atoms. The quantitative estimate of drug-likeness (QED) is 0.835. The summed E-state index contributed by atoms with van der Waals surface area (Å²) in [6.45, 7) is 2.24. The van der Waals surface area contributed by atoms with E-state index in [1.165, 1.54) is 12.1 Å². The van der Waals surface area contributed by atoms with Crippen molar-refractivity contribution in [3.63, 3.8) is 0 Å². The van der Waals surface area contributed by atoms with Gasteiger partial charge in [-0.2, -0.15) is 4.98 Å². The van der Waals surface area contributed by atoms with Crippen LogP contribution in [0.3, 0.4) is 0 Å². The van der Waals surface area contributed by atoms with Gasteiger partial charge in [-0.1, -0.05) is 5.16 Å². The Morgan fingerprint density at radius 1 is 1.25 bits per heavy atom. The van der Waals surface area contributed by atoms with Crippen molar-refractivity contribution in [1.82, 2.24) is 15.0 Å². The van der Waals surface area contributed by atoms with Gasteiger partial charge in [0, 0.05) is 31.9 Å². The van der Waals surface area contributed by atoms with Crippen LogP contribution in [0.1, 0.15) is 37.5 Å². The highest BCUT2D eigenvalue weighted by Gasteiger charge is 2.41. The zero-order chi connectivity index (χ0) is 18.9. The number of rotatable bonds is 3. The van der Waals surface area contributed by atoms with Crippen molar-refractivity contribution in [2.45, 2.75) is 37.1 Å². The molecule has 1 unspecified atom stereocenters. The first-order valence-corrected chi connectivity index (χ1v) is 9.31. The molecule has 1 amide bonds. The third-order valence-corrected chi connectivity index (χ3v) is 5.41. The molecule has 0 aliphatic carbocycles. The third kappa shape index (κ3) is 4.19. The van der Waals surface area contributed by atoms with E-state index >= 15 is 0 Å². The van der Waals surface area contributed by atoms with E-state index in [0.29, 0.717) is 56.4 Å². The number of amides is 1. The van der Waals surface area contributed by atoms with Crippen molar-refractivity contribution in [3.05, 3.63) is 36.0 Å². The predicted octanol–water partition coefficient (Wildman–Crippen LogP) is 2.51. The molecule has 1 atom stereocenters. The molecule has 152 valence electrons. The normalized spacial score (nSPS) is 21.8. The molecule has 2 aliphatic rings. The number of halogens is 2. The number of likely N-dealkylation sites (tertiary alicyclic amines) is 1. The van der Waals surface area contributed by atoms with E-state index in [1.807, 2.05) is 4.90 Å². The first-order chi connectivity index (χ1) is 13.0. The van der Waals surface area contributed by atoms with Gasteiger partial charge >= 0.3 is 0 Å². The molecule has 4 rings (SSSR count). The van der Waals surface area contributed by atoms with Crippen LogP contribution in [0.4, 0.5) is 4.39 Å². The monoisotopic (exact) mass is 410 g/mol. The fourth-order valence-corrected chi connectivity index (χ4v) is 3.74. The van der Waals surface area contributed by atoms with E-state index in [0.717, 1.165) is 12.8 Å². The lowest BCUT2D eigenvalue weighted by atomic mass is 9.88. The second-order valence-corrected chi connectivity index (χ2v) is 7.32. The van der Waals surface area contributed by atoms with Crippen molar-refractivity contribution in [1.29, 1.82) is 0 Å². The Bertz CT molecular complexity index is 808. The van der Waals surface area contributed by atoms with Gasteiger partial charge in [0.1, 0.15) is 5.82 Å². The van der Waals surface area contributed by atoms with Gasteiger partial charge in [0.15, 0.2) is 0 Å². The van der Waals surface area contributed by atoms with Crippen LogP contribution in [-0.4, -0.2) is 52.8 Å². The Balaban J connectivity index is 0.00000225. The van der Waals surface area contributed by atoms with Crippen molar-refractivity contribution in [2.24, 2.45) is 5.73 Å². The van der Waals surface area contributed by atoms with Crippen LogP contribution in [0.15, 0.2) is 28.8 Å². The number of nitrogens with zero attached hydrogens (tertiary/aromatic N) is 3. The SMILES string of the molecule is Cl.NC1(C(=O)N2CCCC(c3nc(-c4ccc(F)cc4)no3)C2)CCOCC1. The Hall–Kier alpha value is -2.03. The van der Waals surface area contributed by atoms with E-state index < -0.39 is 5.54 Å². The molecule has 0 radical (unpaired) electrons. The molecule has 3 heterocycles. The van der Waals surface area contributed by atoms with Gasteiger partial charge in [0.05, 0.1) is 11.5 Å². The van der Waals surface area contributed by atoms with Crippen LogP contribution in [0.25, 0.3) is 11.4 Å². The maximum atomic E-state index is 13.1. The molecule has 2 aromatic rings. The number of benzene rings is 1. The zero-order valence-electron chi connectivity index (χ0n) is 15.5. The van der Waals surface area contributed by atoms with E-state index in [1.54, 1.807) is 12.1 Å². The van der Waals surface area contributed by atoms with E-state index in [9.17, 15) is 9.18 Å². The van der Waals surface area contributed by atoms with Crippen molar-refractivity contribution in [2.75, 3.05) is 26.3 Å². The molecule has 1 aromatic carbocycles. The lowest BCUT2D eigenvalue weighted by molar-refractivity contribution is -0.142. The molecule has 7 nitrogen and oxygen atoms in total. The molecule has 2 aliphatic heterocycles. The number of ether oxygens (including phenoxy) is 1. The minimum Gasteiger partial charge on any atom is -0.381 e. The van der Waals surface area contributed by atoms with Crippen LogP contribution >= 0.6 is 12.4 Å². The summed E-state index contributed by atoms with van der Waals surface area (Å²) in [5.74, 6) is 0.576. The van der Waals surface area contributed by atoms with Crippen LogP contribution in [0.2, 0.25) is 0 Å². The molecule has 1 aromatic heterocycles. The van der Waals surface area contributed by atoms with Gasteiger partial charge in [-0.05, 0) is 49.9 Å². The average Bonchev–Trinajstić information content (AvgIpc) is 3.19. The first kappa shape index (κ1) is 20.7. The van der Waals surface area contributed by atoms with E-state index in [-0.39, 0.29) is 30.0 Å². The lowest BCUT2D eigenvalue weighted by Crippen LogP contribution is -2.59. The number of nitrogens with two attached hydrogens (primary N) is 1. The predicted molar refractivity (Wildman–Crippen MR) is 102 cm³/mol. The second-order valence-electron chi connectivity index (χ2n) is 7.32. The lowest BCUT2D eigenvalue weighted by Gasteiger charge is -2.39. The summed E-state index contributed by atoms with van der Waals surface area (Å²) in [5.41, 5.74) is 6.21. The maximum Gasteiger partial charge on any atom is 0.242 e. The van der Waals surface area contributed by atoms with Gasteiger partial charge in [0.2, 0.25) is 17.6 Å². The number of carbonyl (C=O) groups is 1. The first-order valence-electron chi connectivity index (χ1n) is 9.31. The average molecular weight is 411 g/mol. The molecule has 0 spiro atoms. The van der Waals surface area contributed by atoms with Gasteiger partial charge in [-0.3, -0.25) is 4.79 Å². The highest BCUT2D eigenvalue weighted by atomic mass is 35.5. The maximum absolute atomic E-state index is 13.1. The number of piperidine rings is 1. The Kier molecular flexibility index (Phi) is 6.32. The topological polar surface area (TPSA) is 94.5 Å². The number of carbonyl (C=O) groups excluding carboxylic acids is 1. The summed E-state index contributed by atoms with van der Waals surface area (Å²) in [6.07, 6.45) is 2.82. The van der Waals surface area contributed by atoms with Crippen molar-refractivity contribution >= 4 is 18.3 Å². The molecule has 0 bridgehead atoms. The summed E-state index contributed by atoms with van der Waals surface area (Å²) < 4.78 is 23.9. The third-order valence-electron chi connectivity index (χ3n) is 5.41. The molecule has 2 N–H and O–H groups in total. The number of aromatic nitrogens is 2. The minimum absolute atomic E-state index is 0. The molecule has 2 fully saturated rings. The molecule has 2 saturated heterocycles. The molecule has 9 heteroatoms. The number of hydrogen-bond acceptors (Lipinski definition) is 6. The van der Waals surface area contributed by atoms with Crippen LogP contribution < -0.4 is 5.73 Å². The zero-order valence-corrected chi connectivity index (χ0v) is 16.3. The minimum atomic E-state index is -0.839. The smallest absolute Gasteiger partial charge is 0.242 e. The van der Waals surface area contributed by atoms with Crippen molar-refractivity contribution in [3.8, 4) is 11.4 Å². The molecule has 0 saturated carbocycles. The summed E-state index contributed by atoms with van der Waals surface area (Å²) in [6, 6.07) is 5.95. The molecular formula is C19H24ClFN4O3. The fourth-order valence-electron chi connectivity index (χ4n) is 3.74. The van der Waals surface area contributed by atoms with Gasteiger partial charge in [0.25, 0.3) is 0 Å². The largest absolute Gasteiger partial charge is 0.381 e. The van der Waals surface area contributed by atoms with Crippen molar-refractivity contribution < 1.29 is 18.4 Å². The summed E-state index contributed by atoms with van der Waals surface area (Å²) in [5, 5.41) is 4.01. The highest BCUT2D eigenvalue weighted by molar-refractivity contribution is 5.86. The van der Waals surface area contributed by atoms with Gasteiger partial charge in [-0.25, -0.2) is 4.39 Å². The standard InChI is InChI=1S/C19H23FN4O3.ClH/c20-15-5-3-13(4-6-15)16-22-17(27-23-16)14-2-1-9-24(12-14)18(25)19(21)7-10-26-11-8-19;/h3-6,14H,1-2,7-12,21H2;1H.